The fraction of sp³-hybridized carbons (Fsp3) is 1.00. The molecular formula is C10H20N2. The van der Waals surface area contributed by atoms with Crippen LogP contribution in [-0.2, 0) is 0 Å². The number of likely N-dealkylation sites (tertiary alicyclic amines) is 2. The molecule has 0 spiro atoms. The van der Waals surface area contributed by atoms with Crippen molar-refractivity contribution in [3.05, 3.63) is 0 Å². The van der Waals surface area contributed by atoms with Gasteiger partial charge in [-0.15, -0.1) is 0 Å². The lowest BCUT2D eigenvalue weighted by atomic mass is 9.83. The fourth-order valence-electron chi connectivity index (χ4n) is 2.99. The van der Waals surface area contributed by atoms with Crippen molar-refractivity contribution >= 4 is 0 Å². The Morgan fingerprint density at radius 2 is 2.08 bits per heavy atom. The summed E-state index contributed by atoms with van der Waals surface area (Å²) < 4.78 is 0. The van der Waals surface area contributed by atoms with Crippen molar-refractivity contribution < 1.29 is 0 Å². The van der Waals surface area contributed by atoms with Crippen molar-refractivity contribution in [2.45, 2.75) is 13.8 Å². The molecule has 0 aliphatic carbocycles. The van der Waals surface area contributed by atoms with Crippen LogP contribution in [0.3, 0.4) is 0 Å². The predicted molar refractivity (Wildman–Crippen MR) is 51.2 cm³/mol. The molecule has 0 bridgehead atoms. The smallest absolute Gasteiger partial charge is 0.00512 e. The monoisotopic (exact) mass is 168 g/mol. The highest BCUT2D eigenvalue weighted by atomic mass is 15.2. The van der Waals surface area contributed by atoms with Gasteiger partial charge in [-0.25, -0.2) is 0 Å². The zero-order chi connectivity index (χ0) is 8.77. The van der Waals surface area contributed by atoms with Crippen molar-refractivity contribution in [1.82, 2.24) is 9.80 Å². The standard InChI is InChI=1S/C10H20N2/c1-4-12-6-9-5-11(3)7-10(9,2)8-12/h9H,4-8H2,1-3H3/t9-,10+/m0/s1. The Bertz CT molecular complexity index is 181. The topological polar surface area (TPSA) is 6.48 Å². The third-order valence-electron chi connectivity index (χ3n) is 3.66. The van der Waals surface area contributed by atoms with E-state index in [-0.39, 0.29) is 0 Å². The zero-order valence-corrected chi connectivity index (χ0v) is 8.51. The van der Waals surface area contributed by atoms with E-state index in [0.717, 1.165) is 5.92 Å². The van der Waals surface area contributed by atoms with Gasteiger partial charge >= 0.3 is 0 Å². The van der Waals surface area contributed by atoms with E-state index < -0.39 is 0 Å². The van der Waals surface area contributed by atoms with Gasteiger partial charge in [0.25, 0.3) is 0 Å². The Balaban J connectivity index is 2.07. The molecule has 12 heavy (non-hydrogen) atoms. The maximum Gasteiger partial charge on any atom is 0.00512 e. The van der Waals surface area contributed by atoms with Gasteiger partial charge in [-0.3, -0.25) is 0 Å². The van der Waals surface area contributed by atoms with E-state index in [1.165, 1.54) is 32.7 Å². The van der Waals surface area contributed by atoms with E-state index in [4.69, 9.17) is 0 Å². The molecule has 0 saturated carbocycles. The molecule has 0 aromatic rings. The Morgan fingerprint density at radius 1 is 1.33 bits per heavy atom. The van der Waals surface area contributed by atoms with Crippen molar-refractivity contribution in [2.24, 2.45) is 11.3 Å². The van der Waals surface area contributed by atoms with Crippen LogP contribution in [0.15, 0.2) is 0 Å². The molecule has 2 fully saturated rings. The molecule has 0 aromatic carbocycles. The van der Waals surface area contributed by atoms with Crippen molar-refractivity contribution in [3.63, 3.8) is 0 Å². The molecule has 2 heteroatoms. The molecule has 2 heterocycles. The molecule has 0 N–H and O–H groups in total. The predicted octanol–water partition coefficient (Wildman–Crippen LogP) is 0.890. The van der Waals surface area contributed by atoms with E-state index in [1.807, 2.05) is 0 Å². The maximum absolute atomic E-state index is 2.59. The maximum atomic E-state index is 2.59. The third kappa shape index (κ3) is 1.17. The first-order chi connectivity index (χ1) is 5.64. The lowest BCUT2D eigenvalue weighted by Gasteiger charge is -2.23. The first-order valence-corrected chi connectivity index (χ1v) is 5.05. The summed E-state index contributed by atoms with van der Waals surface area (Å²) in [6, 6.07) is 0. The first kappa shape index (κ1) is 8.52. The molecule has 2 atom stereocenters. The summed E-state index contributed by atoms with van der Waals surface area (Å²) in [5.41, 5.74) is 0.602. The van der Waals surface area contributed by atoms with Crippen LogP contribution in [-0.4, -0.2) is 49.6 Å². The number of hydrogen-bond acceptors (Lipinski definition) is 2. The molecule has 0 radical (unpaired) electrons. The molecule has 2 saturated heterocycles. The summed E-state index contributed by atoms with van der Waals surface area (Å²) in [5, 5.41) is 0. The summed E-state index contributed by atoms with van der Waals surface area (Å²) in [5.74, 6) is 0.933. The van der Waals surface area contributed by atoms with E-state index in [2.05, 4.69) is 30.7 Å². The zero-order valence-electron chi connectivity index (χ0n) is 8.51. The highest BCUT2D eigenvalue weighted by molar-refractivity contribution is 5.00. The summed E-state index contributed by atoms with van der Waals surface area (Å²) in [7, 11) is 2.25. The van der Waals surface area contributed by atoms with Crippen LogP contribution in [0, 0.1) is 11.3 Å². The quantitative estimate of drug-likeness (QED) is 0.574. The van der Waals surface area contributed by atoms with E-state index in [9.17, 15) is 0 Å². The molecule has 2 aliphatic rings. The first-order valence-electron chi connectivity index (χ1n) is 5.05. The van der Waals surface area contributed by atoms with Crippen LogP contribution < -0.4 is 0 Å². The normalized spacial score (nSPS) is 43.8. The Labute approximate surface area is 75.5 Å². The van der Waals surface area contributed by atoms with Gasteiger partial charge in [-0.2, -0.15) is 0 Å². The second-order valence-corrected chi connectivity index (χ2v) is 4.88. The molecule has 0 aromatic heterocycles. The van der Waals surface area contributed by atoms with Gasteiger partial charge in [0.2, 0.25) is 0 Å². The number of hydrogen-bond donors (Lipinski definition) is 0. The summed E-state index contributed by atoms with van der Waals surface area (Å²) in [4.78, 5) is 5.08. The molecule has 2 nitrogen and oxygen atoms in total. The average Bonchev–Trinajstić information content (AvgIpc) is 2.38. The molecule has 0 amide bonds. The Kier molecular flexibility index (Phi) is 1.92. The van der Waals surface area contributed by atoms with E-state index in [0.29, 0.717) is 5.41 Å². The second-order valence-electron chi connectivity index (χ2n) is 4.88. The van der Waals surface area contributed by atoms with Gasteiger partial charge in [0.05, 0.1) is 0 Å². The molecule has 2 aliphatic heterocycles. The molecule has 70 valence electrons. The molecular weight excluding hydrogens is 148 g/mol. The second kappa shape index (κ2) is 2.71. The lowest BCUT2D eigenvalue weighted by Crippen LogP contribution is -2.30. The largest absolute Gasteiger partial charge is 0.305 e. The van der Waals surface area contributed by atoms with E-state index >= 15 is 0 Å². The Morgan fingerprint density at radius 3 is 2.67 bits per heavy atom. The van der Waals surface area contributed by atoms with E-state index in [1.54, 1.807) is 0 Å². The summed E-state index contributed by atoms with van der Waals surface area (Å²) in [6.45, 7) is 11.2. The minimum Gasteiger partial charge on any atom is -0.305 e. The number of nitrogens with zero attached hydrogens (tertiary/aromatic N) is 2. The number of rotatable bonds is 1. The Hall–Kier alpha value is -0.0800. The van der Waals surface area contributed by atoms with Gasteiger partial charge in [-0.05, 0) is 24.9 Å². The van der Waals surface area contributed by atoms with Gasteiger partial charge < -0.3 is 9.80 Å². The number of fused-ring (bicyclic) bond motifs is 1. The minimum absolute atomic E-state index is 0.602. The van der Waals surface area contributed by atoms with Crippen LogP contribution in [0.2, 0.25) is 0 Å². The van der Waals surface area contributed by atoms with Gasteiger partial charge in [0.15, 0.2) is 0 Å². The SMILES string of the molecule is CCN1C[C@@H]2CN(C)C[C@]2(C)C1. The van der Waals surface area contributed by atoms with Crippen molar-refractivity contribution in [1.29, 1.82) is 0 Å². The molecule has 2 rings (SSSR count). The van der Waals surface area contributed by atoms with Crippen molar-refractivity contribution in [3.8, 4) is 0 Å². The highest BCUT2D eigenvalue weighted by Gasteiger charge is 2.47. The van der Waals surface area contributed by atoms with Gasteiger partial charge in [0, 0.05) is 26.2 Å². The fourth-order valence-corrected chi connectivity index (χ4v) is 2.99. The van der Waals surface area contributed by atoms with Crippen molar-refractivity contribution in [2.75, 3.05) is 39.8 Å². The summed E-state index contributed by atoms with van der Waals surface area (Å²) >= 11 is 0. The summed E-state index contributed by atoms with van der Waals surface area (Å²) in [6.07, 6.45) is 0. The highest BCUT2D eigenvalue weighted by Crippen LogP contribution is 2.40. The van der Waals surface area contributed by atoms with Crippen LogP contribution in [0.4, 0.5) is 0 Å². The molecule has 0 unspecified atom stereocenters. The third-order valence-corrected chi connectivity index (χ3v) is 3.66. The lowest BCUT2D eigenvalue weighted by molar-refractivity contribution is 0.251. The minimum atomic E-state index is 0.602. The van der Waals surface area contributed by atoms with Crippen LogP contribution >= 0.6 is 0 Å². The van der Waals surface area contributed by atoms with Gasteiger partial charge in [-0.1, -0.05) is 13.8 Å². The van der Waals surface area contributed by atoms with Gasteiger partial charge in [0.1, 0.15) is 0 Å². The van der Waals surface area contributed by atoms with Crippen LogP contribution in [0.5, 0.6) is 0 Å². The van der Waals surface area contributed by atoms with Crippen LogP contribution in [0.25, 0.3) is 0 Å². The van der Waals surface area contributed by atoms with Crippen LogP contribution in [0.1, 0.15) is 13.8 Å². The average molecular weight is 168 g/mol.